The highest BCUT2D eigenvalue weighted by molar-refractivity contribution is 5.85. The van der Waals surface area contributed by atoms with Gasteiger partial charge in [0.05, 0.1) is 0 Å². The molecule has 0 heterocycles. The van der Waals surface area contributed by atoms with Gasteiger partial charge in [-0.1, -0.05) is 24.3 Å². The summed E-state index contributed by atoms with van der Waals surface area (Å²) in [6, 6.07) is 0. The summed E-state index contributed by atoms with van der Waals surface area (Å²) in [6.07, 6.45) is 7.55. The van der Waals surface area contributed by atoms with Crippen molar-refractivity contribution in [2.45, 2.75) is 19.8 Å². The van der Waals surface area contributed by atoms with Gasteiger partial charge >= 0.3 is 0 Å². The Balaban J connectivity index is 3.04. The zero-order chi connectivity index (χ0) is 8.27. The van der Waals surface area contributed by atoms with Crippen molar-refractivity contribution in [3.05, 3.63) is 35.5 Å². The predicted molar refractivity (Wildman–Crippen MR) is 49.0 cm³/mol. The third-order valence-electron chi connectivity index (χ3n) is 2.02. The first-order chi connectivity index (χ1) is 5.29. The molecule has 1 rings (SSSR count). The number of rotatable bonds is 2. The van der Waals surface area contributed by atoms with Crippen LogP contribution >= 0.6 is 0 Å². The van der Waals surface area contributed by atoms with E-state index in [1.54, 1.807) is 0 Å². The second-order valence-corrected chi connectivity index (χ2v) is 2.74. The molecule has 1 N–H and O–H groups in total. The quantitative estimate of drug-likeness (QED) is 0.581. The maximum atomic E-state index is 7.19. The Morgan fingerprint density at radius 2 is 2.36 bits per heavy atom. The first-order valence-electron chi connectivity index (χ1n) is 3.82. The molecule has 0 aromatic rings. The van der Waals surface area contributed by atoms with Crippen LogP contribution in [0.5, 0.6) is 0 Å². The minimum atomic E-state index is 1.05. The summed E-state index contributed by atoms with van der Waals surface area (Å²) in [5.41, 5.74) is 3.47. The molecule has 0 bridgehead atoms. The molecule has 1 aliphatic carbocycles. The highest BCUT2D eigenvalue weighted by atomic mass is 14.3. The van der Waals surface area contributed by atoms with Crippen molar-refractivity contribution >= 4 is 6.21 Å². The van der Waals surface area contributed by atoms with Crippen LogP contribution in [0, 0.1) is 5.41 Å². The summed E-state index contributed by atoms with van der Waals surface area (Å²) in [5, 5.41) is 7.19. The molecule has 1 aliphatic rings. The molecule has 0 atom stereocenters. The smallest absolute Gasteiger partial charge is 0.0255 e. The lowest BCUT2D eigenvalue weighted by Crippen LogP contribution is -1.98. The minimum Gasteiger partial charge on any atom is -0.308 e. The molecular formula is C10H13N. The number of nitrogens with one attached hydrogen (secondary N) is 1. The van der Waals surface area contributed by atoms with Gasteiger partial charge in [0.25, 0.3) is 0 Å². The van der Waals surface area contributed by atoms with E-state index in [0.717, 1.165) is 24.0 Å². The Labute approximate surface area is 67.6 Å². The fraction of sp³-hybridized carbons (Fsp3) is 0.300. The highest BCUT2D eigenvalue weighted by Gasteiger charge is 2.07. The Bertz CT molecular complexity index is 244. The Kier molecular flexibility index (Phi) is 2.42. The van der Waals surface area contributed by atoms with Gasteiger partial charge in [-0.15, -0.1) is 0 Å². The van der Waals surface area contributed by atoms with E-state index in [2.05, 4.69) is 19.6 Å². The fourth-order valence-electron chi connectivity index (χ4n) is 1.34. The second-order valence-electron chi connectivity index (χ2n) is 2.74. The van der Waals surface area contributed by atoms with Gasteiger partial charge in [-0.05, 0) is 30.9 Å². The van der Waals surface area contributed by atoms with Crippen LogP contribution in [0.3, 0.4) is 0 Å². The van der Waals surface area contributed by atoms with Gasteiger partial charge in [-0.25, -0.2) is 0 Å². The number of hydrogen-bond acceptors (Lipinski definition) is 1. The van der Waals surface area contributed by atoms with Crippen molar-refractivity contribution in [3.63, 3.8) is 0 Å². The van der Waals surface area contributed by atoms with Gasteiger partial charge in [0.15, 0.2) is 0 Å². The second kappa shape index (κ2) is 3.33. The molecule has 0 saturated heterocycles. The van der Waals surface area contributed by atoms with E-state index >= 15 is 0 Å². The monoisotopic (exact) mass is 147 g/mol. The summed E-state index contributed by atoms with van der Waals surface area (Å²) >= 11 is 0. The largest absolute Gasteiger partial charge is 0.308 e. The van der Waals surface area contributed by atoms with Gasteiger partial charge in [0.2, 0.25) is 0 Å². The van der Waals surface area contributed by atoms with Crippen molar-refractivity contribution < 1.29 is 0 Å². The third-order valence-corrected chi connectivity index (χ3v) is 2.02. The molecule has 0 aromatic carbocycles. The number of hydrogen-bond donors (Lipinski definition) is 1. The zero-order valence-electron chi connectivity index (χ0n) is 6.85. The van der Waals surface area contributed by atoms with E-state index in [1.165, 1.54) is 11.8 Å². The average Bonchev–Trinajstić information content (AvgIpc) is 2.04. The molecule has 0 aromatic heterocycles. The molecule has 0 unspecified atom stereocenters. The predicted octanol–water partition coefficient (Wildman–Crippen LogP) is 2.86. The molecule has 0 fully saturated rings. The molecule has 1 heteroatoms. The molecule has 0 radical (unpaired) electrons. The van der Waals surface area contributed by atoms with Crippen molar-refractivity contribution in [1.82, 2.24) is 0 Å². The summed E-state index contributed by atoms with van der Waals surface area (Å²) in [7, 11) is 0. The van der Waals surface area contributed by atoms with E-state index in [9.17, 15) is 0 Å². The molecule has 58 valence electrons. The van der Waals surface area contributed by atoms with E-state index in [4.69, 9.17) is 5.41 Å². The third kappa shape index (κ3) is 1.48. The lowest BCUT2D eigenvalue weighted by atomic mass is 9.92. The van der Waals surface area contributed by atoms with Gasteiger partial charge in [-0.3, -0.25) is 0 Å². The average molecular weight is 147 g/mol. The minimum absolute atomic E-state index is 1.05. The van der Waals surface area contributed by atoms with E-state index in [1.807, 2.05) is 6.08 Å². The normalized spacial score (nSPS) is 17.7. The summed E-state index contributed by atoms with van der Waals surface area (Å²) < 4.78 is 0. The lowest BCUT2D eigenvalue weighted by molar-refractivity contribution is 0.943. The van der Waals surface area contributed by atoms with Crippen LogP contribution in [0.25, 0.3) is 0 Å². The van der Waals surface area contributed by atoms with E-state index < -0.39 is 0 Å². The van der Waals surface area contributed by atoms with Gasteiger partial charge in [0, 0.05) is 6.21 Å². The SMILES string of the molecule is C=CC1=CCCC(C)=C1C=N. The van der Waals surface area contributed by atoms with Gasteiger partial charge in [0.1, 0.15) is 0 Å². The highest BCUT2D eigenvalue weighted by Crippen LogP contribution is 2.23. The van der Waals surface area contributed by atoms with Crippen LogP contribution in [0.15, 0.2) is 35.5 Å². The lowest BCUT2D eigenvalue weighted by Gasteiger charge is -2.13. The fourth-order valence-corrected chi connectivity index (χ4v) is 1.34. The van der Waals surface area contributed by atoms with Crippen LogP contribution < -0.4 is 0 Å². The van der Waals surface area contributed by atoms with Crippen molar-refractivity contribution in [2.75, 3.05) is 0 Å². The van der Waals surface area contributed by atoms with Crippen LogP contribution in [0.4, 0.5) is 0 Å². The van der Waals surface area contributed by atoms with Gasteiger partial charge < -0.3 is 5.41 Å². The van der Waals surface area contributed by atoms with Crippen molar-refractivity contribution in [3.8, 4) is 0 Å². The van der Waals surface area contributed by atoms with Crippen LogP contribution in [0.2, 0.25) is 0 Å². The standard InChI is InChI=1S/C10H13N/c1-3-9-6-4-5-8(2)10(9)7-11/h3,6-7,11H,1,4-5H2,2H3. The molecule has 1 nitrogen and oxygen atoms in total. The molecule has 11 heavy (non-hydrogen) atoms. The summed E-state index contributed by atoms with van der Waals surface area (Å²) in [5.74, 6) is 0. The van der Waals surface area contributed by atoms with Crippen LogP contribution in [0.1, 0.15) is 19.8 Å². The Hall–Kier alpha value is -1.11. The van der Waals surface area contributed by atoms with Crippen molar-refractivity contribution in [1.29, 1.82) is 5.41 Å². The van der Waals surface area contributed by atoms with Gasteiger partial charge in [-0.2, -0.15) is 0 Å². The van der Waals surface area contributed by atoms with E-state index in [-0.39, 0.29) is 0 Å². The maximum absolute atomic E-state index is 7.19. The van der Waals surface area contributed by atoms with Crippen LogP contribution in [-0.4, -0.2) is 6.21 Å². The van der Waals surface area contributed by atoms with Crippen LogP contribution in [-0.2, 0) is 0 Å². The zero-order valence-corrected chi connectivity index (χ0v) is 6.85. The first-order valence-corrected chi connectivity index (χ1v) is 3.82. The number of allylic oxidation sites excluding steroid dienone is 5. The molecule has 0 saturated carbocycles. The van der Waals surface area contributed by atoms with E-state index in [0.29, 0.717) is 0 Å². The summed E-state index contributed by atoms with van der Waals surface area (Å²) in [6.45, 7) is 5.79. The first kappa shape index (κ1) is 7.99. The molecular weight excluding hydrogens is 134 g/mol. The topological polar surface area (TPSA) is 23.9 Å². The Morgan fingerprint density at radius 1 is 1.64 bits per heavy atom. The molecule has 0 spiro atoms. The molecule has 0 aliphatic heterocycles. The maximum Gasteiger partial charge on any atom is 0.0255 e. The van der Waals surface area contributed by atoms with Crippen molar-refractivity contribution in [2.24, 2.45) is 0 Å². The summed E-state index contributed by atoms with van der Waals surface area (Å²) in [4.78, 5) is 0. The Morgan fingerprint density at radius 3 is 2.82 bits per heavy atom. The molecule has 0 amide bonds.